The average Bonchev–Trinajstić information content (AvgIpc) is 2.67. The number of hydrogen-bond donors (Lipinski definition) is 2. The molecule has 0 aromatic heterocycles. The van der Waals surface area contributed by atoms with Crippen molar-refractivity contribution in [3.63, 3.8) is 0 Å². The maximum Gasteiger partial charge on any atom is 0.252 e. The molecule has 2 N–H and O–H groups in total. The summed E-state index contributed by atoms with van der Waals surface area (Å²) in [7, 11) is 0. The summed E-state index contributed by atoms with van der Waals surface area (Å²) < 4.78 is 0. The number of carbonyl (C=O) groups is 1. The first-order valence-electron chi connectivity index (χ1n) is 7.67. The Hall–Kier alpha value is -1.06. The van der Waals surface area contributed by atoms with Crippen LogP contribution in [0.25, 0.3) is 0 Å². The quantitative estimate of drug-likeness (QED) is 0.881. The molecular formula is C17H25ClN2O. The van der Waals surface area contributed by atoms with Crippen LogP contribution in [-0.4, -0.2) is 24.0 Å². The number of hydrogen-bond acceptors (Lipinski definition) is 2. The Morgan fingerprint density at radius 2 is 1.62 bits per heavy atom. The second-order valence-corrected chi connectivity index (χ2v) is 6.55. The second-order valence-electron chi connectivity index (χ2n) is 6.55. The third-order valence-corrected chi connectivity index (χ3v) is 4.71. The van der Waals surface area contributed by atoms with Gasteiger partial charge in [-0.3, -0.25) is 4.79 Å². The summed E-state index contributed by atoms with van der Waals surface area (Å²) in [6.45, 7) is 6.13. The van der Waals surface area contributed by atoms with Gasteiger partial charge in [-0.1, -0.05) is 17.7 Å². The SMILES string of the molecule is Cc1cc(C)c(C(=O)NC2CC3CCC(C2)N3)c(C)c1.Cl. The topological polar surface area (TPSA) is 41.1 Å². The molecule has 0 spiro atoms. The van der Waals surface area contributed by atoms with Crippen LogP contribution in [0.3, 0.4) is 0 Å². The lowest BCUT2D eigenvalue weighted by Gasteiger charge is -2.30. The van der Waals surface area contributed by atoms with Gasteiger partial charge in [0.25, 0.3) is 5.91 Å². The fourth-order valence-corrected chi connectivity index (χ4v) is 3.97. The first-order chi connectivity index (χ1) is 9.52. The summed E-state index contributed by atoms with van der Waals surface area (Å²) in [5.74, 6) is 0.103. The summed E-state index contributed by atoms with van der Waals surface area (Å²) in [6.07, 6.45) is 4.68. The van der Waals surface area contributed by atoms with Gasteiger partial charge in [0.1, 0.15) is 0 Å². The van der Waals surface area contributed by atoms with Crippen molar-refractivity contribution in [3.05, 3.63) is 34.4 Å². The van der Waals surface area contributed by atoms with Crippen LogP contribution in [0.4, 0.5) is 0 Å². The number of aryl methyl sites for hydroxylation is 3. The molecule has 2 aliphatic rings. The molecule has 0 radical (unpaired) electrons. The summed E-state index contributed by atoms with van der Waals surface area (Å²) in [5.41, 5.74) is 4.24. The highest BCUT2D eigenvalue weighted by Crippen LogP contribution is 2.27. The zero-order valence-electron chi connectivity index (χ0n) is 13.0. The van der Waals surface area contributed by atoms with Crippen molar-refractivity contribution in [3.8, 4) is 0 Å². The largest absolute Gasteiger partial charge is 0.349 e. The molecular weight excluding hydrogens is 284 g/mol. The molecule has 0 saturated carbocycles. The Morgan fingerprint density at radius 3 is 2.14 bits per heavy atom. The number of halogens is 1. The van der Waals surface area contributed by atoms with Crippen LogP contribution in [0.2, 0.25) is 0 Å². The van der Waals surface area contributed by atoms with Crippen molar-refractivity contribution in [2.24, 2.45) is 0 Å². The number of nitrogens with one attached hydrogen (secondary N) is 2. The van der Waals surface area contributed by atoms with Gasteiger partial charge in [0.2, 0.25) is 0 Å². The van der Waals surface area contributed by atoms with Gasteiger partial charge in [0.15, 0.2) is 0 Å². The normalized spacial score (nSPS) is 27.1. The lowest BCUT2D eigenvalue weighted by molar-refractivity contribution is 0.0922. The van der Waals surface area contributed by atoms with Crippen molar-refractivity contribution >= 4 is 18.3 Å². The summed E-state index contributed by atoms with van der Waals surface area (Å²) >= 11 is 0. The van der Waals surface area contributed by atoms with Crippen LogP contribution < -0.4 is 10.6 Å². The molecule has 2 atom stereocenters. The fourth-order valence-electron chi connectivity index (χ4n) is 3.97. The summed E-state index contributed by atoms with van der Waals surface area (Å²) in [6, 6.07) is 5.74. The van der Waals surface area contributed by atoms with Crippen LogP contribution >= 0.6 is 12.4 Å². The molecule has 3 rings (SSSR count). The molecule has 1 amide bonds. The molecule has 21 heavy (non-hydrogen) atoms. The van der Waals surface area contributed by atoms with E-state index in [4.69, 9.17) is 0 Å². The molecule has 2 aliphatic heterocycles. The van der Waals surface area contributed by atoms with Gasteiger partial charge in [-0.15, -0.1) is 12.4 Å². The van der Waals surface area contributed by atoms with Crippen LogP contribution in [0.15, 0.2) is 12.1 Å². The second kappa shape index (κ2) is 6.37. The van der Waals surface area contributed by atoms with Crippen molar-refractivity contribution in [1.29, 1.82) is 0 Å². The van der Waals surface area contributed by atoms with Crippen molar-refractivity contribution in [2.45, 2.75) is 64.6 Å². The Labute approximate surface area is 133 Å². The standard InChI is InChI=1S/C17H24N2O.ClH/c1-10-6-11(2)16(12(3)7-10)17(20)19-15-8-13-4-5-14(9-15)18-13;/h6-7,13-15,18H,4-5,8-9H2,1-3H3,(H,19,20);1H. The number of rotatable bonds is 2. The first kappa shape index (κ1) is 16.3. The molecule has 1 aromatic rings. The summed E-state index contributed by atoms with van der Waals surface area (Å²) in [5, 5.41) is 6.87. The van der Waals surface area contributed by atoms with Gasteiger partial charge >= 0.3 is 0 Å². The zero-order chi connectivity index (χ0) is 14.3. The predicted octanol–water partition coefficient (Wildman–Crippen LogP) is 3.05. The number of benzene rings is 1. The highest BCUT2D eigenvalue weighted by Gasteiger charge is 2.34. The van der Waals surface area contributed by atoms with E-state index < -0.39 is 0 Å². The van der Waals surface area contributed by atoms with Crippen molar-refractivity contribution in [1.82, 2.24) is 10.6 Å². The molecule has 2 saturated heterocycles. The van der Waals surface area contributed by atoms with Gasteiger partial charge in [-0.2, -0.15) is 0 Å². The molecule has 1 aromatic carbocycles. The highest BCUT2D eigenvalue weighted by atomic mass is 35.5. The van der Waals surface area contributed by atoms with E-state index in [1.165, 1.54) is 18.4 Å². The van der Waals surface area contributed by atoms with Gasteiger partial charge in [0.05, 0.1) is 0 Å². The monoisotopic (exact) mass is 308 g/mol. The molecule has 116 valence electrons. The van der Waals surface area contributed by atoms with Crippen LogP contribution in [0, 0.1) is 20.8 Å². The number of amides is 1. The van der Waals surface area contributed by atoms with E-state index in [0.717, 1.165) is 29.5 Å². The predicted molar refractivity (Wildman–Crippen MR) is 88.3 cm³/mol. The first-order valence-corrected chi connectivity index (χ1v) is 7.67. The van der Waals surface area contributed by atoms with Crippen LogP contribution in [0.1, 0.15) is 52.7 Å². The summed E-state index contributed by atoms with van der Waals surface area (Å²) in [4.78, 5) is 12.6. The molecule has 0 aliphatic carbocycles. The Bertz CT molecular complexity index is 509. The molecule has 2 unspecified atom stereocenters. The number of carbonyl (C=O) groups excluding carboxylic acids is 1. The van der Waals surface area contributed by atoms with E-state index >= 15 is 0 Å². The smallest absolute Gasteiger partial charge is 0.252 e. The zero-order valence-corrected chi connectivity index (χ0v) is 13.8. The van der Waals surface area contributed by atoms with Gasteiger partial charge in [0, 0.05) is 23.7 Å². The molecule has 3 nitrogen and oxygen atoms in total. The maximum absolute atomic E-state index is 12.6. The van der Waals surface area contributed by atoms with Gasteiger partial charge < -0.3 is 10.6 Å². The van der Waals surface area contributed by atoms with Crippen LogP contribution in [-0.2, 0) is 0 Å². The number of fused-ring (bicyclic) bond motifs is 2. The minimum Gasteiger partial charge on any atom is -0.349 e. The molecule has 2 bridgehead atoms. The molecule has 2 fully saturated rings. The fraction of sp³-hybridized carbons (Fsp3) is 0.588. The van der Waals surface area contributed by atoms with Crippen molar-refractivity contribution < 1.29 is 4.79 Å². The third-order valence-electron chi connectivity index (χ3n) is 4.71. The van der Waals surface area contributed by atoms with E-state index in [2.05, 4.69) is 29.7 Å². The number of piperidine rings is 1. The highest BCUT2D eigenvalue weighted by molar-refractivity contribution is 5.97. The Balaban J connectivity index is 0.00000161. The average molecular weight is 309 g/mol. The van der Waals surface area contributed by atoms with Gasteiger partial charge in [-0.25, -0.2) is 0 Å². The van der Waals surface area contributed by atoms with Crippen molar-refractivity contribution in [2.75, 3.05) is 0 Å². The third kappa shape index (κ3) is 3.41. The lowest BCUT2D eigenvalue weighted by Crippen LogP contribution is -2.48. The minimum atomic E-state index is 0. The van der Waals surface area contributed by atoms with Gasteiger partial charge in [-0.05, 0) is 57.6 Å². The lowest BCUT2D eigenvalue weighted by atomic mass is 9.96. The van der Waals surface area contributed by atoms with E-state index in [1.807, 2.05) is 13.8 Å². The molecule has 4 heteroatoms. The maximum atomic E-state index is 12.6. The van der Waals surface area contributed by atoms with E-state index in [-0.39, 0.29) is 18.3 Å². The van der Waals surface area contributed by atoms with E-state index in [0.29, 0.717) is 18.1 Å². The Kier molecular flexibility index (Phi) is 4.95. The Morgan fingerprint density at radius 1 is 1.10 bits per heavy atom. The molecule has 2 heterocycles. The minimum absolute atomic E-state index is 0. The van der Waals surface area contributed by atoms with E-state index in [1.54, 1.807) is 0 Å². The van der Waals surface area contributed by atoms with Crippen LogP contribution in [0.5, 0.6) is 0 Å². The van der Waals surface area contributed by atoms with E-state index in [9.17, 15) is 4.79 Å².